The number of rotatable bonds is 5. The number of benzene rings is 2. The molecule has 0 aliphatic carbocycles. The second kappa shape index (κ2) is 8.59. The van der Waals surface area contributed by atoms with Crippen molar-refractivity contribution in [1.82, 2.24) is 10.2 Å². The molecule has 0 atom stereocenters. The van der Waals surface area contributed by atoms with Gasteiger partial charge in [-0.05, 0) is 41.5 Å². The van der Waals surface area contributed by atoms with Gasteiger partial charge in [0, 0.05) is 50.3 Å². The highest BCUT2D eigenvalue weighted by atomic mass is 32.1. The summed E-state index contributed by atoms with van der Waals surface area (Å²) in [5, 5.41) is 2.69. The van der Waals surface area contributed by atoms with Crippen molar-refractivity contribution in [3.63, 3.8) is 0 Å². The first-order valence-corrected chi connectivity index (χ1v) is 10.5. The normalized spacial score (nSPS) is 14.8. The van der Waals surface area contributed by atoms with Gasteiger partial charge in [-0.15, -0.1) is 11.3 Å². The fourth-order valence-corrected chi connectivity index (χ4v) is 4.57. The zero-order valence-corrected chi connectivity index (χ0v) is 16.9. The van der Waals surface area contributed by atoms with Crippen LogP contribution in [0.2, 0.25) is 0 Å². The van der Waals surface area contributed by atoms with Crippen LogP contribution in [0.5, 0.6) is 0 Å². The second-order valence-corrected chi connectivity index (χ2v) is 8.13. The molecule has 5 heteroatoms. The lowest BCUT2D eigenvalue weighted by molar-refractivity contribution is 0.0967. The minimum absolute atomic E-state index is 0.0244. The molecule has 4 nitrogen and oxygen atoms in total. The van der Waals surface area contributed by atoms with E-state index in [4.69, 9.17) is 0 Å². The maximum Gasteiger partial charge on any atom is 0.261 e. The Morgan fingerprint density at radius 1 is 0.964 bits per heavy atom. The van der Waals surface area contributed by atoms with Gasteiger partial charge in [0.1, 0.15) is 0 Å². The molecule has 0 spiro atoms. The minimum Gasteiger partial charge on any atom is -0.369 e. The number of anilines is 1. The number of nitrogens with zero attached hydrogens (tertiary/aromatic N) is 2. The van der Waals surface area contributed by atoms with Crippen molar-refractivity contribution in [2.75, 3.05) is 38.1 Å². The standard InChI is InChI=1S/C23H25N3OS/c1-24-23(27)22-11-10-21(28-22)19-7-5-6-18(16-19)17-25-12-14-26(15-13-25)20-8-3-2-4-9-20/h2-11,16H,12-15,17H2,1H3,(H,24,27). The van der Waals surface area contributed by atoms with Gasteiger partial charge in [0.05, 0.1) is 4.88 Å². The summed E-state index contributed by atoms with van der Waals surface area (Å²) in [6.07, 6.45) is 0. The summed E-state index contributed by atoms with van der Waals surface area (Å²) >= 11 is 1.54. The Balaban J connectivity index is 1.39. The van der Waals surface area contributed by atoms with Gasteiger partial charge >= 0.3 is 0 Å². The molecule has 28 heavy (non-hydrogen) atoms. The van der Waals surface area contributed by atoms with Crippen molar-refractivity contribution in [3.05, 3.63) is 77.2 Å². The van der Waals surface area contributed by atoms with Gasteiger partial charge in [-0.2, -0.15) is 0 Å². The Hall–Kier alpha value is -2.63. The summed E-state index contributed by atoms with van der Waals surface area (Å²) in [4.78, 5) is 18.7. The molecule has 144 valence electrons. The van der Waals surface area contributed by atoms with E-state index >= 15 is 0 Å². The summed E-state index contributed by atoms with van der Waals surface area (Å²) in [7, 11) is 1.67. The smallest absolute Gasteiger partial charge is 0.261 e. The number of piperazine rings is 1. The van der Waals surface area contributed by atoms with E-state index in [1.807, 2.05) is 12.1 Å². The lowest BCUT2D eigenvalue weighted by Gasteiger charge is -2.36. The van der Waals surface area contributed by atoms with E-state index in [1.54, 1.807) is 7.05 Å². The van der Waals surface area contributed by atoms with Gasteiger partial charge in [-0.3, -0.25) is 9.69 Å². The maximum atomic E-state index is 11.8. The molecular weight excluding hydrogens is 366 g/mol. The van der Waals surface area contributed by atoms with Gasteiger partial charge in [0.2, 0.25) is 0 Å². The predicted octanol–water partition coefficient (Wildman–Crippen LogP) is 4.10. The van der Waals surface area contributed by atoms with Gasteiger partial charge in [0.25, 0.3) is 5.91 Å². The maximum absolute atomic E-state index is 11.8. The predicted molar refractivity (Wildman–Crippen MR) is 117 cm³/mol. The zero-order valence-electron chi connectivity index (χ0n) is 16.1. The van der Waals surface area contributed by atoms with Gasteiger partial charge in [0.15, 0.2) is 0 Å². The molecule has 2 aromatic carbocycles. The number of thiophene rings is 1. The van der Waals surface area contributed by atoms with Crippen LogP contribution in [-0.4, -0.2) is 44.0 Å². The molecule has 0 bridgehead atoms. The van der Waals surface area contributed by atoms with E-state index in [0.717, 1.165) is 42.5 Å². The van der Waals surface area contributed by atoms with Gasteiger partial charge in [-0.1, -0.05) is 36.4 Å². The van der Waals surface area contributed by atoms with Crippen LogP contribution in [0.3, 0.4) is 0 Å². The third-order valence-electron chi connectivity index (χ3n) is 5.17. The Kier molecular flexibility index (Phi) is 5.74. The lowest BCUT2D eigenvalue weighted by atomic mass is 10.1. The number of amides is 1. The third kappa shape index (κ3) is 4.26. The van der Waals surface area contributed by atoms with E-state index in [-0.39, 0.29) is 5.91 Å². The van der Waals surface area contributed by atoms with Crippen LogP contribution in [0.1, 0.15) is 15.2 Å². The first-order chi connectivity index (χ1) is 13.7. The number of carbonyl (C=O) groups excluding carboxylic acids is 1. The van der Waals surface area contributed by atoms with Crippen LogP contribution in [0.15, 0.2) is 66.7 Å². The molecule has 0 unspecified atom stereocenters. The zero-order chi connectivity index (χ0) is 19.3. The highest BCUT2D eigenvalue weighted by Gasteiger charge is 2.17. The van der Waals surface area contributed by atoms with Crippen LogP contribution in [0.4, 0.5) is 5.69 Å². The first kappa shape index (κ1) is 18.7. The van der Waals surface area contributed by atoms with E-state index in [0.29, 0.717) is 0 Å². The fourth-order valence-electron chi connectivity index (χ4n) is 3.62. The molecule has 3 aromatic rings. The Bertz CT molecular complexity index is 930. The lowest BCUT2D eigenvalue weighted by Crippen LogP contribution is -2.45. The third-order valence-corrected chi connectivity index (χ3v) is 6.30. The molecule has 0 saturated carbocycles. The van der Waals surface area contributed by atoms with Crippen molar-refractivity contribution in [1.29, 1.82) is 0 Å². The number of carbonyl (C=O) groups is 1. The van der Waals surface area contributed by atoms with E-state index in [1.165, 1.54) is 28.2 Å². The summed E-state index contributed by atoms with van der Waals surface area (Å²) in [6.45, 7) is 5.22. The monoisotopic (exact) mass is 391 g/mol. The Labute approximate surface area is 170 Å². The number of nitrogens with one attached hydrogen (secondary N) is 1. The average Bonchev–Trinajstić information content (AvgIpc) is 3.25. The first-order valence-electron chi connectivity index (χ1n) is 9.66. The van der Waals surface area contributed by atoms with Crippen LogP contribution in [0.25, 0.3) is 10.4 Å². The quantitative estimate of drug-likeness (QED) is 0.711. The van der Waals surface area contributed by atoms with Gasteiger partial charge in [-0.25, -0.2) is 0 Å². The summed E-state index contributed by atoms with van der Waals surface area (Å²) in [5.41, 5.74) is 3.81. The average molecular weight is 392 g/mol. The summed E-state index contributed by atoms with van der Waals surface area (Å²) in [6, 6.07) is 23.3. The molecule has 4 rings (SSSR count). The largest absolute Gasteiger partial charge is 0.369 e. The van der Waals surface area contributed by atoms with Crippen molar-refractivity contribution < 1.29 is 4.79 Å². The van der Waals surface area contributed by atoms with E-state index < -0.39 is 0 Å². The molecule has 2 heterocycles. The molecule has 0 radical (unpaired) electrons. The molecule has 1 aromatic heterocycles. The van der Waals surface area contributed by atoms with Crippen LogP contribution >= 0.6 is 11.3 Å². The number of hydrogen-bond donors (Lipinski definition) is 1. The SMILES string of the molecule is CNC(=O)c1ccc(-c2cccc(CN3CCN(c4ccccc4)CC3)c2)s1. The minimum atomic E-state index is -0.0244. The molecule has 1 amide bonds. The fraction of sp³-hybridized carbons (Fsp3) is 0.261. The van der Waals surface area contributed by atoms with E-state index in [2.05, 4.69) is 69.7 Å². The molecule has 1 N–H and O–H groups in total. The molecular formula is C23H25N3OS. The van der Waals surface area contributed by atoms with Crippen LogP contribution in [-0.2, 0) is 6.54 Å². The van der Waals surface area contributed by atoms with Crippen molar-refractivity contribution in [3.8, 4) is 10.4 Å². The van der Waals surface area contributed by atoms with Crippen molar-refractivity contribution in [2.45, 2.75) is 6.54 Å². The summed E-state index contributed by atoms with van der Waals surface area (Å²) in [5.74, 6) is -0.0244. The van der Waals surface area contributed by atoms with Crippen molar-refractivity contribution >= 4 is 22.9 Å². The summed E-state index contributed by atoms with van der Waals surface area (Å²) < 4.78 is 0. The highest BCUT2D eigenvalue weighted by Crippen LogP contribution is 2.29. The number of para-hydroxylation sites is 1. The molecule has 1 aliphatic rings. The Morgan fingerprint density at radius 2 is 1.75 bits per heavy atom. The highest BCUT2D eigenvalue weighted by molar-refractivity contribution is 7.17. The second-order valence-electron chi connectivity index (χ2n) is 7.04. The van der Waals surface area contributed by atoms with Gasteiger partial charge < -0.3 is 10.2 Å². The van der Waals surface area contributed by atoms with Crippen molar-refractivity contribution in [2.24, 2.45) is 0 Å². The molecule has 1 saturated heterocycles. The van der Waals surface area contributed by atoms with Crippen LogP contribution in [0, 0.1) is 0 Å². The number of hydrogen-bond acceptors (Lipinski definition) is 4. The topological polar surface area (TPSA) is 35.6 Å². The van der Waals surface area contributed by atoms with E-state index in [9.17, 15) is 4.79 Å². The van der Waals surface area contributed by atoms with Crippen LogP contribution < -0.4 is 10.2 Å². The Morgan fingerprint density at radius 3 is 2.50 bits per heavy atom. The molecule has 1 aliphatic heterocycles. The molecule has 1 fully saturated rings.